The molecule has 0 fully saturated rings. The lowest BCUT2D eigenvalue weighted by Crippen LogP contribution is -2.13. The van der Waals surface area contributed by atoms with Crippen molar-refractivity contribution >= 4 is 11.9 Å². The fourth-order valence-electron chi connectivity index (χ4n) is 1.69. The van der Waals surface area contributed by atoms with E-state index in [4.69, 9.17) is 4.74 Å². The summed E-state index contributed by atoms with van der Waals surface area (Å²) in [7, 11) is 1.75. The Labute approximate surface area is 124 Å². The molecular weight excluding hydrogens is 268 g/mol. The number of nitrogens with one attached hydrogen (secondary N) is 2. The van der Waals surface area contributed by atoms with Crippen molar-refractivity contribution in [1.29, 1.82) is 0 Å². The highest BCUT2D eigenvalue weighted by molar-refractivity contribution is 5.37. The molecule has 0 radical (unpaired) electrons. The highest BCUT2D eigenvalue weighted by atomic mass is 16.5. The molecule has 2 aromatic heterocycles. The van der Waals surface area contributed by atoms with E-state index in [1.807, 2.05) is 32.0 Å². The normalized spacial score (nSPS) is 11.8. The van der Waals surface area contributed by atoms with Crippen molar-refractivity contribution in [1.82, 2.24) is 19.9 Å². The number of ether oxygens (including phenoxy) is 1. The monoisotopic (exact) mass is 288 g/mol. The molecule has 0 aliphatic carbocycles. The van der Waals surface area contributed by atoms with Gasteiger partial charge in [-0.3, -0.25) is 4.98 Å². The van der Waals surface area contributed by atoms with Crippen LogP contribution in [-0.2, 0) is 0 Å². The van der Waals surface area contributed by atoms with Crippen LogP contribution in [0.25, 0.3) is 0 Å². The first-order valence-corrected chi connectivity index (χ1v) is 6.97. The molecule has 1 unspecified atom stereocenters. The average molecular weight is 288 g/mol. The van der Waals surface area contributed by atoms with E-state index in [0.717, 1.165) is 12.1 Å². The van der Waals surface area contributed by atoms with Crippen LogP contribution in [0.1, 0.15) is 32.0 Å². The summed E-state index contributed by atoms with van der Waals surface area (Å²) < 4.78 is 5.47. The molecule has 0 aliphatic heterocycles. The fraction of sp³-hybridized carbons (Fsp3) is 0.429. The summed E-state index contributed by atoms with van der Waals surface area (Å²) in [4.78, 5) is 17.0. The van der Waals surface area contributed by atoms with E-state index in [9.17, 15) is 0 Å². The minimum Gasteiger partial charge on any atom is -0.463 e. The van der Waals surface area contributed by atoms with Gasteiger partial charge in [-0.1, -0.05) is 13.0 Å². The highest BCUT2D eigenvalue weighted by Crippen LogP contribution is 2.17. The molecule has 112 valence electrons. The number of hydrogen-bond acceptors (Lipinski definition) is 7. The van der Waals surface area contributed by atoms with Crippen molar-refractivity contribution in [2.45, 2.75) is 26.3 Å². The van der Waals surface area contributed by atoms with Crippen molar-refractivity contribution in [2.24, 2.45) is 0 Å². The predicted molar refractivity (Wildman–Crippen MR) is 81.4 cm³/mol. The van der Waals surface area contributed by atoms with Crippen LogP contribution in [0.15, 0.2) is 24.4 Å². The standard InChI is InChI=1S/C14H20N6O/c1-4-9-21-14-19-12(15-3)18-13(20-14)17-10(2)11-7-5-6-8-16-11/h5-8,10H,4,9H2,1-3H3,(H2,15,17,18,19,20). The van der Waals surface area contributed by atoms with Crippen LogP contribution in [0, 0.1) is 0 Å². The molecular formula is C14H20N6O. The van der Waals surface area contributed by atoms with Gasteiger partial charge in [-0.05, 0) is 25.5 Å². The quantitative estimate of drug-likeness (QED) is 0.808. The maximum Gasteiger partial charge on any atom is 0.323 e. The molecule has 2 rings (SSSR count). The smallest absolute Gasteiger partial charge is 0.323 e. The molecule has 21 heavy (non-hydrogen) atoms. The number of aromatic nitrogens is 4. The van der Waals surface area contributed by atoms with Gasteiger partial charge in [-0.2, -0.15) is 15.0 Å². The van der Waals surface area contributed by atoms with Crippen LogP contribution in [0.3, 0.4) is 0 Å². The maximum atomic E-state index is 5.47. The number of rotatable bonds is 7. The second-order valence-electron chi connectivity index (χ2n) is 4.48. The van der Waals surface area contributed by atoms with E-state index in [1.54, 1.807) is 13.2 Å². The van der Waals surface area contributed by atoms with Crippen LogP contribution >= 0.6 is 0 Å². The first-order chi connectivity index (χ1) is 10.2. The van der Waals surface area contributed by atoms with E-state index in [2.05, 4.69) is 30.6 Å². The van der Waals surface area contributed by atoms with Crippen LogP contribution < -0.4 is 15.4 Å². The summed E-state index contributed by atoms with van der Waals surface area (Å²) in [6.45, 7) is 4.60. The Hall–Kier alpha value is -2.44. The van der Waals surface area contributed by atoms with E-state index < -0.39 is 0 Å². The van der Waals surface area contributed by atoms with Gasteiger partial charge in [0, 0.05) is 13.2 Å². The van der Waals surface area contributed by atoms with Crippen LogP contribution in [0.5, 0.6) is 6.01 Å². The first-order valence-electron chi connectivity index (χ1n) is 6.97. The van der Waals surface area contributed by atoms with Gasteiger partial charge in [0.2, 0.25) is 11.9 Å². The molecule has 0 spiro atoms. The number of anilines is 2. The SMILES string of the molecule is CCCOc1nc(NC)nc(NC(C)c2ccccn2)n1. The lowest BCUT2D eigenvalue weighted by molar-refractivity contribution is 0.292. The lowest BCUT2D eigenvalue weighted by atomic mass is 10.2. The van der Waals surface area contributed by atoms with Gasteiger partial charge in [0.25, 0.3) is 0 Å². The Kier molecular flexibility index (Phi) is 5.25. The van der Waals surface area contributed by atoms with E-state index in [0.29, 0.717) is 24.5 Å². The Morgan fingerprint density at radius 3 is 2.67 bits per heavy atom. The van der Waals surface area contributed by atoms with Crippen LogP contribution in [0.4, 0.5) is 11.9 Å². The van der Waals surface area contributed by atoms with Crippen molar-refractivity contribution in [3.63, 3.8) is 0 Å². The Morgan fingerprint density at radius 1 is 1.19 bits per heavy atom. The van der Waals surface area contributed by atoms with Crippen molar-refractivity contribution in [3.8, 4) is 6.01 Å². The number of pyridine rings is 1. The van der Waals surface area contributed by atoms with Gasteiger partial charge in [0.1, 0.15) is 0 Å². The zero-order chi connectivity index (χ0) is 15.1. The number of nitrogens with zero attached hydrogens (tertiary/aromatic N) is 4. The predicted octanol–water partition coefficient (Wildman–Crippen LogP) is 2.27. The summed E-state index contributed by atoms with van der Waals surface area (Å²) in [5, 5.41) is 6.10. The molecule has 0 saturated heterocycles. The molecule has 2 aromatic rings. The van der Waals surface area contributed by atoms with Crippen molar-refractivity contribution < 1.29 is 4.74 Å². The van der Waals surface area contributed by atoms with Gasteiger partial charge < -0.3 is 15.4 Å². The molecule has 7 heteroatoms. The van der Waals surface area contributed by atoms with Gasteiger partial charge in [0.15, 0.2) is 0 Å². The highest BCUT2D eigenvalue weighted by Gasteiger charge is 2.11. The number of hydrogen-bond donors (Lipinski definition) is 2. The first kappa shape index (κ1) is 15.0. The molecule has 1 atom stereocenters. The Morgan fingerprint density at radius 2 is 2.00 bits per heavy atom. The third-order valence-electron chi connectivity index (χ3n) is 2.75. The Balaban J connectivity index is 2.14. The van der Waals surface area contributed by atoms with Crippen molar-refractivity contribution in [2.75, 3.05) is 24.3 Å². The summed E-state index contributed by atoms with van der Waals surface area (Å²) in [6, 6.07) is 6.08. The summed E-state index contributed by atoms with van der Waals surface area (Å²) in [5.41, 5.74) is 0.917. The van der Waals surface area contributed by atoms with Crippen molar-refractivity contribution in [3.05, 3.63) is 30.1 Å². The maximum absolute atomic E-state index is 5.47. The van der Waals surface area contributed by atoms with Crippen LogP contribution in [0.2, 0.25) is 0 Å². The van der Waals surface area contributed by atoms with E-state index >= 15 is 0 Å². The molecule has 0 bridgehead atoms. The second kappa shape index (κ2) is 7.37. The average Bonchev–Trinajstić information content (AvgIpc) is 2.53. The zero-order valence-electron chi connectivity index (χ0n) is 12.5. The van der Waals surface area contributed by atoms with Gasteiger partial charge >= 0.3 is 6.01 Å². The Bertz CT molecular complexity index is 563. The minimum atomic E-state index is -0.0164. The molecule has 2 heterocycles. The van der Waals surface area contributed by atoms with Gasteiger partial charge in [-0.15, -0.1) is 0 Å². The second-order valence-corrected chi connectivity index (χ2v) is 4.48. The topological polar surface area (TPSA) is 84.9 Å². The molecule has 7 nitrogen and oxygen atoms in total. The van der Waals surface area contributed by atoms with E-state index in [-0.39, 0.29) is 6.04 Å². The largest absolute Gasteiger partial charge is 0.463 e. The zero-order valence-corrected chi connectivity index (χ0v) is 12.5. The molecule has 0 amide bonds. The third kappa shape index (κ3) is 4.27. The summed E-state index contributed by atoms with van der Waals surface area (Å²) in [5.74, 6) is 0.922. The van der Waals surface area contributed by atoms with Crippen LogP contribution in [-0.4, -0.2) is 33.6 Å². The summed E-state index contributed by atoms with van der Waals surface area (Å²) in [6.07, 6.45) is 2.66. The lowest BCUT2D eigenvalue weighted by Gasteiger charge is -2.14. The fourth-order valence-corrected chi connectivity index (χ4v) is 1.69. The van der Waals surface area contributed by atoms with Gasteiger partial charge in [0.05, 0.1) is 18.3 Å². The minimum absolute atomic E-state index is 0.0164. The molecule has 0 aliphatic rings. The third-order valence-corrected chi connectivity index (χ3v) is 2.75. The van der Waals surface area contributed by atoms with E-state index in [1.165, 1.54) is 0 Å². The molecule has 0 saturated carbocycles. The molecule has 2 N–H and O–H groups in total. The molecule has 0 aromatic carbocycles. The summed E-state index contributed by atoms with van der Waals surface area (Å²) >= 11 is 0. The van der Waals surface area contributed by atoms with Gasteiger partial charge in [-0.25, -0.2) is 0 Å².